The predicted molar refractivity (Wildman–Crippen MR) is 212 cm³/mol. The van der Waals surface area contributed by atoms with Gasteiger partial charge in [0.1, 0.15) is 0 Å². The van der Waals surface area contributed by atoms with E-state index in [0.717, 1.165) is 11.4 Å². The molecule has 0 fully saturated rings. The fraction of sp³-hybridized carbons (Fsp3) is 0.0638. The highest BCUT2D eigenvalue weighted by Gasteiger charge is 2.35. The second-order valence-corrected chi connectivity index (χ2v) is 14.8. The van der Waals surface area contributed by atoms with E-state index in [-0.39, 0.29) is 5.41 Å². The first-order valence-corrected chi connectivity index (χ1v) is 17.8. The van der Waals surface area contributed by atoms with Crippen LogP contribution in [-0.4, -0.2) is 0 Å². The highest BCUT2D eigenvalue weighted by Crippen LogP contribution is 2.52. The molecule has 0 spiro atoms. The van der Waals surface area contributed by atoms with Gasteiger partial charge in [0.05, 0.1) is 5.69 Å². The maximum atomic E-state index is 2.49. The third kappa shape index (κ3) is 4.31. The van der Waals surface area contributed by atoms with Crippen LogP contribution in [0.4, 0.5) is 17.1 Å². The van der Waals surface area contributed by atoms with Crippen molar-refractivity contribution in [2.24, 2.45) is 0 Å². The fourth-order valence-electron chi connectivity index (χ4n) is 8.24. The molecule has 0 saturated heterocycles. The number of hydrogen-bond acceptors (Lipinski definition) is 2. The molecule has 1 aromatic heterocycles. The van der Waals surface area contributed by atoms with Crippen LogP contribution in [0.5, 0.6) is 0 Å². The minimum absolute atomic E-state index is 0.0474. The van der Waals surface area contributed by atoms with E-state index in [0.29, 0.717) is 0 Å². The zero-order valence-corrected chi connectivity index (χ0v) is 28.3. The smallest absolute Gasteiger partial charge is 0.0554 e. The Morgan fingerprint density at radius 1 is 0.449 bits per heavy atom. The molecule has 9 aromatic rings. The molecular weight excluding hydrogens is 611 g/mol. The molecule has 2 heteroatoms. The molecule has 0 aliphatic heterocycles. The maximum Gasteiger partial charge on any atom is 0.0554 e. The normalized spacial score (nSPS) is 13.3. The summed E-state index contributed by atoms with van der Waals surface area (Å²) in [6.45, 7) is 4.70. The molecule has 49 heavy (non-hydrogen) atoms. The minimum Gasteiger partial charge on any atom is -0.310 e. The van der Waals surface area contributed by atoms with Crippen molar-refractivity contribution < 1.29 is 0 Å². The Kier molecular flexibility index (Phi) is 6.16. The lowest BCUT2D eigenvalue weighted by Crippen LogP contribution is -2.15. The minimum atomic E-state index is -0.0474. The Hall–Kier alpha value is -5.70. The Morgan fingerprint density at radius 2 is 1.12 bits per heavy atom. The molecule has 1 aliphatic rings. The van der Waals surface area contributed by atoms with Crippen LogP contribution in [0, 0.1) is 0 Å². The Morgan fingerprint density at radius 3 is 2.02 bits per heavy atom. The highest BCUT2D eigenvalue weighted by molar-refractivity contribution is 7.26. The number of rotatable bonds is 4. The molecule has 0 saturated carbocycles. The predicted octanol–water partition coefficient (Wildman–Crippen LogP) is 13.8. The monoisotopic (exact) mass is 643 g/mol. The zero-order valence-electron chi connectivity index (χ0n) is 27.4. The summed E-state index contributed by atoms with van der Waals surface area (Å²) in [6, 6.07) is 60.7. The second kappa shape index (κ2) is 10.7. The topological polar surface area (TPSA) is 3.24 Å². The lowest BCUT2D eigenvalue weighted by atomic mass is 9.82. The van der Waals surface area contributed by atoms with Gasteiger partial charge in [0.15, 0.2) is 0 Å². The summed E-state index contributed by atoms with van der Waals surface area (Å²) in [7, 11) is 0. The van der Waals surface area contributed by atoms with E-state index in [1.54, 1.807) is 0 Å². The molecule has 0 amide bonds. The number of benzene rings is 8. The summed E-state index contributed by atoms with van der Waals surface area (Å²) in [5.74, 6) is 0. The molecule has 0 bridgehead atoms. The lowest BCUT2D eigenvalue weighted by Gasteiger charge is -2.28. The standard InChI is InChI=1S/C47H33NS/c1-47(2)41-21-8-7-19-38(41)39-29-35(24-25-42(39)47)48(34-17-9-16-33(26-34)37-20-10-15-30-12-5-6-18-36(30)37)43-22-11-23-44-46(43)40-27-31-13-3-4-14-32(31)28-45(40)49-44/h3-29H,1-2H3. The number of nitrogens with zero attached hydrogens (tertiary/aromatic N) is 1. The van der Waals surface area contributed by atoms with Crippen LogP contribution >= 0.6 is 11.3 Å². The molecule has 1 heterocycles. The molecule has 1 nitrogen and oxygen atoms in total. The number of fused-ring (bicyclic) bond motifs is 8. The van der Waals surface area contributed by atoms with Crippen LogP contribution in [0.3, 0.4) is 0 Å². The maximum absolute atomic E-state index is 2.49. The summed E-state index contributed by atoms with van der Waals surface area (Å²) in [6.07, 6.45) is 0. The van der Waals surface area contributed by atoms with Crippen LogP contribution in [0.15, 0.2) is 164 Å². The van der Waals surface area contributed by atoms with E-state index in [1.165, 1.54) is 80.8 Å². The zero-order chi connectivity index (χ0) is 32.7. The van der Waals surface area contributed by atoms with Crippen molar-refractivity contribution in [2.45, 2.75) is 19.3 Å². The summed E-state index contributed by atoms with van der Waals surface area (Å²) >= 11 is 1.88. The van der Waals surface area contributed by atoms with Gasteiger partial charge in [-0.05, 0) is 103 Å². The fourth-order valence-corrected chi connectivity index (χ4v) is 9.40. The Bertz CT molecular complexity index is 2760. The van der Waals surface area contributed by atoms with Crippen LogP contribution in [0.25, 0.3) is 64.0 Å². The van der Waals surface area contributed by atoms with Crippen LogP contribution in [0.2, 0.25) is 0 Å². The highest BCUT2D eigenvalue weighted by atomic mass is 32.1. The first-order valence-electron chi connectivity index (χ1n) is 17.0. The summed E-state index contributed by atoms with van der Waals surface area (Å²) in [5.41, 5.74) is 11.3. The largest absolute Gasteiger partial charge is 0.310 e. The lowest BCUT2D eigenvalue weighted by molar-refractivity contribution is 0.660. The number of thiophene rings is 1. The molecule has 8 aromatic carbocycles. The van der Waals surface area contributed by atoms with Crippen molar-refractivity contribution in [1.82, 2.24) is 0 Å². The van der Waals surface area contributed by atoms with Gasteiger partial charge in [-0.3, -0.25) is 0 Å². The summed E-state index contributed by atoms with van der Waals surface area (Å²) in [4.78, 5) is 2.49. The molecule has 0 atom stereocenters. The van der Waals surface area contributed by atoms with Crippen molar-refractivity contribution in [3.63, 3.8) is 0 Å². The van der Waals surface area contributed by atoms with Gasteiger partial charge in [-0.25, -0.2) is 0 Å². The van der Waals surface area contributed by atoms with Gasteiger partial charge in [0.25, 0.3) is 0 Å². The Labute approximate surface area is 290 Å². The van der Waals surface area contributed by atoms with E-state index in [9.17, 15) is 0 Å². The number of anilines is 3. The molecular formula is C47H33NS. The van der Waals surface area contributed by atoms with Crippen LogP contribution in [-0.2, 0) is 5.41 Å². The first-order chi connectivity index (χ1) is 24.0. The van der Waals surface area contributed by atoms with Gasteiger partial charge >= 0.3 is 0 Å². The average Bonchev–Trinajstić information content (AvgIpc) is 3.62. The van der Waals surface area contributed by atoms with E-state index < -0.39 is 0 Å². The molecule has 0 radical (unpaired) electrons. The van der Waals surface area contributed by atoms with Crippen molar-refractivity contribution in [2.75, 3.05) is 4.90 Å². The van der Waals surface area contributed by atoms with E-state index in [2.05, 4.69) is 183 Å². The van der Waals surface area contributed by atoms with Gasteiger partial charge in [-0.1, -0.05) is 129 Å². The van der Waals surface area contributed by atoms with Gasteiger partial charge in [-0.15, -0.1) is 11.3 Å². The summed E-state index contributed by atoms with van der Waals surface area (Å²) < 4.78 is 2.61. The second-order valence-electron chi connectivity index (χ2n) is 13.8. The third-order valence-electron chi connectivity index (χ3n) is 10.6. The third-order valence-corrected chi connectivity index (χ3v) is 11.7. The molecule has 10 rings (SSSR count). The molecule has 0 N–H and O–H groups in total. The van der Waals surface area contributed by atoms with E-state index in [4.69, 9.17) is 0 Å². The first kappa shape index (κ1) is 28.3. The van der Waals surface area contributed by atoms with Crippen molar-refractivity contribution >= 4 is 70.1 Å². The van der Waals surface area contributed by atoms with Crippen LogP contribution in [0.1, 0.15) is 25.0 Å². The SMILES string of the molecule is CC1(C)c2ccccc2-c2cc(N(c3cccc(-c4cccc5ccccc45)c3)c3cccc4sc5cc6ccccc6cc5c34)ccc21. The van der Waals surface area contributed by atoms with Gasteiger partial charge in [0.2, 0.25) is 0 Å². The van der Waals surface area contributed by atoms with Crippen molar-refractivity contribution in [3.8, 4) is 22.3 Å². The molecule has 1 aliphatic carbocycles. The van der Waals surface area contributed by atoms with Crippen molar-refractivity contribution in [1.29, 1.82) is 0 Å². The Balaban J connectivity index is 1.25. The average molecular weight is 644 g/mol. The number of hydrogen-bond donors (Lipinski definition) is 0. The summed E-state index contributed by atoms with van der Waals surface area (Å²) in [5, 5.41) is 7.67. The molecule has 0 unspecified atom stereocenters. The van der Waals surface area contributed by atoms with Crippen LogP contribution < -0.4 is 4.90 Å². The molecule has 232 valence electrons. The van der Waals surface area contributed by atoms with E-state index in [1.807, 2.05) is 11.3 Å². The quantitative estimate of drug-likeness (QED) is 0.184. The van der Waals surface area contributed by atoms with Gasteiger partial charge in [0, 0.05) is 37.0 Å². The van der Waals surface area contributed by atoms with Crippen molar-refractivity contribution in [3.05, 3.63) is 175 Å². The van der Waals surface area contributed by atoms with Gasteiger partial charge < -0.3 is 4.90 Å². The van der Waals surface area contributed by atoms with E-state index >= 15 is 0 Å². The van der Waals surface area contributed by atoms with Gasteiger partial charge in [-0.2, -0.15) is 0 Å².